The van der Waals surface area contributed by atoms with Crippen LogP contribution in [-0.4, -0.2) is 24.3 Å². The molecule has 3 N–H and O–H groups in total. The molecule has 19 heavy (non-hydrogen) atoms. The van der Waals surface area contributed by atoms with Crippen LogP contribution in [0.25, 0.3) is 0 Å². The molecule has 0 heterocycles. The van der Waals surface area contributed by atoms with Gasteiger partial charge in [-0.25, -0.2) is 0 Å². The summed E-state index contributed by atoms with van der Waals surface area (Å²) in [6.45, 7) is 2.88. The molecular weight excluding hydrogens is 304 g/mol. The predicted octanol–water partition coefficient (Wildman–Crippen LogP) is 3.21. The van der Waals surface area contributed by atoms with E-state index in [9.17, 15) is 5.11 Å². The van der Waals surface area contributed by atoms with Gasteiger partial charge in [-0.3, -0.25) is 0 Å². The molecule has 0 unspecified atom stereocenters. The van der Waals surface area contributed by atoms with Crippen molar-refractivity contribution < 1.29 is 5.11 Å². The second-order valence-corrected chi connectivity index (χ2v) is 6.21. The van der Waals surface area contributed by atoms with Crippen LogP contribution in [0, 0.1) is 0 Å². The summed E-state index contributed by atoms with van der Waals surface area (Å²) in [5.74, 6) is 0. The quantitative estimate of drug-likeness (QED) is 0.873. The normalized spacial score (nSPS) is 17.7. The fourth-order valence-corrected chi connectivity index (χ4v) is 3.49. The molecule has 1 atom stereocenters. The van der Waals surface area contributed by atoms with Crippen molar-refractivity contribution in [2.75, 3.05) is 18.1 Å². The maximum absolute atomic E-state index is 9.32. The number of aliphatic hydroxyl groups excluding tert-OH is 1. The maximum atomic E-state index is 9.32. The molecule has 3 nitrogen and oxygen atoms in total. The number of hydrogen-bond acceptors (Lipinski definition) is 3. The van der Waals surface area contributed by atoms with Crippen LogP contribution in [0.15, 0.2) is 22.7 Å². The van der Waals surface area contributed by atoms with Gasteiger partial charge in [0.15, 0.2) is 0 Å². The molecule has 1 aliphatic rings. The Morgan fingerprint density at radius 3 is 2.63 bits per heavy atom. The molecule has 1 aliphatic carbocycles. The van der Waals surface area contributed by atoms with Crippen LogP contribution >= 0.6 is 15.9 Å². The van der Waals surface area contributed by atoms with E-state index in [4.69, 9.17) is 5.73 Å². The first-order valence-electron chi connectivity index (χ1n) is 7.06. The van der Waals surface area contributed by atoms with Crippen molar-refractivity contribution >= 4 is 21.6 Å². The molecule has 0 spiro atoms. The van der Waals surface area contributed by atoms with Crippen molar-refractivity contribution in [2.24, 2.45) is 5.73 Å². The van der Waals surface area contributed by atoms with E-state index in [0.29, 0.717) is 12.6 Å². The summed E-state index contributed by atoms with van der Waals surface area (Å²) < 4.78 is 1.07. The lowest BCUT2D eigenvalue weighted by Crippen LogP contribution is -2.36. The van der Waals surface area contributed by atoms with E-state index in [-0.39, 0.29) is 12.6 Å². The van der Waals surface area contributed by atoms with Crippen molar-refractivity contribution in [1.29, 1.82) is 0 Å². The van der Waals surface area contributed by atoms with Gasteiger partial charge < -0.3 is 15.7 Å². The van der Waals surface area contributed by atoms with Crippen molar-refractivity contribution in [3.8, 4) is 0 Å². The third kappa shape index (κ3) is 3.50. The first-order chi connectivity index (χ1) is 9.13. The summed E-state index contributed by atoms with van der Waals surface area (Å²) in [7, 11) is 0. The Morgan fingerprint density at radius 1 is 1.42 bits per heavy atom. The summed E-state index contributed by atoms with van der Waals surface area (Å²) in [5.41, 5.74) is 8.22. The number of halogens is 1. The van der Waals surface area contributed by atoms with Gasteiger partial charge in [-0.1, -0.05) is 18.9 Å². The standard InChI is InChI=1S/C15H23BrN2O/c1-11(17)12-6-7-15(14(16)10-12)18(8-9-19)13-4-2-3-5-13/h6-7,10-11,13,19H,2-5,8-9,17H2,1H3/t11-/m0/s1. The van der Waals surface area contributed by atoms with E-state index < -0.39 is 0 Å². The fraction of sp³-hybridized carbons (Fsp3) is 0.600. The van der Waals surface area contributed by atoms with E-state index in [0.717, 1.165) is 10.0 Å². The Morgan fingerprint density at radius 2 is 2.11 bits per heavy atom. The largest absolute Gasteiger partial charge is 0.395 e. The lowest BCUT2D eigenvalue weighted by atomic mass is 10.1. The van der Waals surface area contributed by atoms with E-state index >= 15 is 0 Å². The first kappa shape index (κ1) is 14.8. The van der Waals surface area contributed by atoms with Crippen molar-refractivity contribution in [1.82, 2.24) is 0 Å². The monoisotopic (exact) mass is 326 g/mol. The molecule has 0 radical (unpaired) electrons. The zero-order chi connectivity index (χ0) is 13.8. The second kappa shape index (κ2) is 6.73. The number of hydrogen-bond donors (Lipinski definition) is 2. The molecule has 0 saturated heterocycles. The Hall–Kier alpha value is -0.580. The number of nitrogens with two attached hydrogens (primary N) is 1. The van der Waals surface area contributed by atoms with Gasteiger partial charge in [0.25, 0.3) is 0 Å². The number of benzene rings is 1. The molecule has 106 valence electrons. The molecular formula is C15H23BrN2O. The zero-order valence-corrected chi connectivity index (χ0v) is 13.1. The van der Waals surface area contributed by atoms with Gasteiger partial charge in [0.2, 0.25) is 0 Å². The van der Waals surface area contributed by atoms with Gasteiger partial charge in [-0.2, -0.15) is 0 Å². The molecule has 0 bridgehead atoms. The smallest absolute Gasteiger partial charge is 0.0606 e. The maximum Gasteiger partial charge on any atom is 0.0606 e. The van der Waals surface area contributed by atoms with Crippen LogP contribution in [0.1, 0.15) is 44.2 Å². The van der Waals surface area contributed by atoms with E-state index in [1.807, 2.05) is 6.92 Å². The van der Waals surface area contributed by atoms with E-state index in [1.54, 1.807) is 0 Å². The highest BCUT2D eigenvalue weighted by Gasteiger charge is 2.24. The lowest BCUT2D eigenvalue weighted by molar-refractivity contribution is 0.297. The Kier molecular flexibility index (Phi) is 5.25. The topological polar surface area (TPSA) is 49.5 Å². The van der Waals surface area contributed by atoms with Gasteiger partial charge in [-0.05, 0) is 53.4 Å². The Balaban J connectivity index is 2.25. The highest BCUT2D eigenvalue weighted by molar-refractivity contribution is 9.10. The van der Waals surface area contributed by atoms with E-state index in [2.05, 4.69) is 39.0 Å². The summed E-state index contributed by atoms with van der Waals surface area (Å²) >= 11 is 3.65. The van der Waals surface area contributed by atoms with Crippen LogP contribution in [-0.2, 0) is 0 Å². The highest BCUT2D eigenvalue weighted by atomic mass is 79.9. The van der Waals surface area contributed by atoms with E-state index in [1.165, 1.54) is 31.4 Å². The van der Waals surface area contributed by atoms with Crippen LogP contribution in [0.4, 0.5) is 5.69 Å². The fourth-order valence-electron chi connectivity index (χ4n) is 2.86. The van der Waals surface area contributed by atoms with Crippen molar-refractivity contribution in [2.45, 2.75) is 44.7 Å². The Bertz CT molecular complexity index is 417. The second-order valence-electron chi connectivity index (χ2n) is 5.35. The molecule has 4 heteroatoms. The summed E-state index contributed by atoms with van der Waals surface area (Å²) in [6, 6.07) is 6.91. The minimum Gasteiger partial charge on any atom is -0.395 e. The lowest BCUT2D eigenvalue weighted by Gasteiger charge is -2.31. The van der Waals surface area contributed by atoms with Crippen LogP contribution in [0.2, 0.25) is 0 Å². The molecule has 1 fully saturated rings. The predicted molar refractivity (Wildman–Crippen MR) is 83.4 cm³/mol. The Labute approximate surface area is 123 Å². The zero-order valence-electron chi connectivity index (χ0n) is 11.5. The molecule has 2 rings (SSSR count). The first-order valence-corrected chi connectivity index (χ1v) is 7.85. The third-order valence-electron chi connectivity index (χ3n) is 3.91. The minimum absolute atomic E-state index is 0.0446. The molecule has 0 amide bonds. The average Bonchev–Trinajstić information content (AvgIpc) is 2.90. The molecule has 0 aliphatic heterocycles. The minimum atomic E-state index is 0.0446. The van der Waals surface area contributed by atoms with Crippen LogP contribution in [0.3, 0.4) is 0 Å². The van der Waals surface area contributed by atoms with Gasteiger partial charge in [-0.15, -0.1) is 0 Å². The van der Waals surface area contributed by atoms with Crippen molar-refractivity contribution in [3.63, 3.8) is 0 Å². The molecule has 1 aromatic carbocycles. The SMILES string of the molecule is C[C@H](N)c1ccc(N(CCO)C2CCCC2)c(Br)c1. The molecule has 0 aromatic heterocycles. The van der Waals surface area contributed by atoms with Gasteiger partial charge in [0.1, 0.15) is 0 Å². The summed E-state index contributed by atoms with van der Waals surface area (Å²) in [6.07, 6.45) is 5.03. The van der Waals surface area contributed by atoms with Crippen LogP contribution < -0.4 is 10.6 Å². The third-order valence-corrected chi connectivity index (χ3v) is 4.55. The molecule has 1 saturated carbocycles. The average molecular weight is 327 g/mol. The molecule has 1 aromatic rings. The number of aliphatic hydroxyl groups is 1. The number of nitrogens with zero attached hydrogens (tertiary/aromatic N) is 1. The number of anilines is 1. The summed E-state index contributed by atoms with van der Waals surface area (Å²) in [4.78, 5) is 2.34. The summed E-state index contributed by atoms with van der Waals surface area (Å²) in [5, 5.41) is 9.32. The van der Waals surface area contributed by atoms with Gasteiger partial charge in [0.05, 0.1) is 12.3 Å². The number of rotatable bonds is 5. The van der Waals surface area contributed by atoms with Gasteiger partial charge in [0, 0.05) is 23.1 Å². The van der Waals surface area contributed by atoms with Crippen molar-refractivity contribution in [3.05, 3.63) is 28.2 Å². The van der Waals surface area contributed by atoms with Crippen LogP contribution in [0.5, 0.6) is 0 Å². The van der Waals surface area contributed by atoms with Gasteiger partial charge >= 0.3 is 0 Å². The highest BCUT2D eigenvalue weighted by Crippen LogP contribution is 2.34.